The number of carbonyl (C=O) groups is 2. The zero-order chi connectivity index (χ0) is 17.2. The molecule has 1 aliphatic rings. The Balaban J connectivity index is 1.71. The largest absolute Gasteiger partial charge is 0.272 e. The third-order valence-corrected chi connectivity index (χ3v) is 4.14. The molecule has 3 aromatic rings. The number of hydrogen-bond acceptors (Lipinski definition) is 4. The smallest absolute Gasteiger partial charge is 0.258 e. The summed E-state index contributed by atoms with van der Waals surface area (Å²) in [5, 5.41) is 11.9. The molecule has 2 amide bonds. The summed E-state index contributed by atoms with van der Waals surface area (Å²) >= 11 is 0. The molecule has 0 fully saturated rings. The Morgan fingerprint density at radius 2 is 1.72 bits per heavy atom. The van der Waals surface area contributed by atoms with Crippen LogP contribution in [0.15, 0.2) is 64.8 Å². The van der Waals surface area contributed by atoms with Crippen molar-refractivity contribution in [3.8, 4) is 0 Å². The molecule has 0 spiro atoms. The standard InChI is InChI=1S/C19H14N4O2/c24-18(17-11-21-23-19(17)25)22-20-10-16-14-7-3-1-5-12(14)9-13-6-2-4-8-15(13)16/h1-11,17H,(H,22,24)(H,23,25). The minimum absolute atomic E-state index is 0.455. The Bertz CT molecular complexity index is 1000. The molecule has 1 unspecified atom stereocenters. The van der Waals surface area contributed by atoms with Gasteiger partial charge in [-0.2, -0.15) is 10.2 Å². The normalized spacial score (nSPS) is 16.6. The fourth-order valence-corrected chi connectivity index (χ4v) is 2.92. The summed E-state index contributed by atoms with van der Waals surface area (Å²) in [6.07, 6.45) is 2.88. The number of hydrogen-bond donors (Lipinski definition) is 2. The van der Waals surface area contributed by atoms with Gasteiger partial charge in [0.1, 0.15) is 0 Å². The first-order valence-electron chi connectivity index (χ1n) is 7.80. The van der Waals surface area contributed by atoms with E-state index in [-0.39, 0.29) is 0 Å². The molecule has 122 valence electrons. The van der Waals surface area contributed by atoms with Crippen LogP contribution in [-0.4, -0.2) is 24.2 Å². The van der Waals surface area contributed by atoms with Gasteiger partial charge in [-0.15, -0.1) is 0 Å². The molecule has 1 atom stereocenters. The molecule has 6 nitrogen and oxygen atoms in total. The summed E-state index contributed by atoms with van der Waals surface area (Å²) in [4.78, 5) is 23.4. The summed E-state index contributed by atoms with van der Waals surface area (Å²) in [5.41, 5.74) is 5.55. The van der Waals surface area contributed by atoms with E-state index in [9.17, 15) is 9.59 Å². The van der Waals surface area contributed by atoms with Crippen molar-refractivity contribution in [1.82, 2.24) is 10.9 Å². The van der Waals surface area contributed by atoms with Crippen LogP contribution in [0.3, 0.4) is 0 Å². The second kappa shape index (κ2) is 6.16. The van der Waals surface area contributed by atoms with E-state index in [4.69, 9.17) is 0 Å². The predicted molar refractivity (Wildman–Crippen MR) is 97.3 cm³/mol. The topological polar surface area (TPSA) is 82.9 Å². The van der Waals surface area contributed by atoms with Crippen LogP contribution in [0.1, 0.15) is 5.56 Å². The van der Waals surface area contributed by atoms with Crippen LogP contribution < -0.4 is 10.9 Å². The zero-order valence-electron chi connectivity index (χ0n) is 13.1. The van der Waals surface area contributed by atoms with Crippen molar-refractivity contribution in [1.29, 1.82) is 0 Å². The highest BCUT2D eigenvalue weighted by Gasteiger charge is 2.28. The van der Waals surface area contributed by atoms with Gasteiger partial charge in [0.05, 0.1) is 6.21 Å². The molecule has 4 rings (SSSR count). The first kappa shape index (κ1) is 15.0. The van der Waals surface area contributed by atoms with E-state index in [0.29, 0.717) is 0 Å². The van der Waals surface area contributed by atoms with Gasteiger partial charge in [-0.1, -0.05) is 48.5 Å². The van der Waals surface area contributed by atoms with Crippen LogP contribution in [0.2, 0.25) is 0 Å². The second-order valence-corrected chi connectivity index (χ2v) is 5.70. The highest BCUT2D eigenvalue weighted by molar-refractivity contribution is 6.16. The Hall–Kier alpha value is -3.54. The molecule has 0 radical (unpaired) electrons. The Labute approximate surface area is 143 Å². The molecular weight excluding hydrogens is 316 g/mol. The SMILES string of the molecule is O=C(NN=Cc1c2ccccc2cc2ccccc12)C1C=NNC1=O. The second-order valence-electron chi connectivity index (χ2n) is 5.70. The van der Waals surface area contributed by atoms with Crippen molar-refractivity contribution < 1.29 is 9.59 Å². The molecular formula is C19H14N4O2. The zero-order valence-corrected chi connectivity index (χ0v) is 13.1. The molecule has 0 saturated carbocycles. The number of carbonyl (C=O) groups excluding carboxylic acids is 2. The van der Waals surface area contributed by atoms with E-state index in [1.807, 2.05) is 48.5 Å². The summed E-state index contributed by atoms with van der Waals surface area (Å²) in [6.45, 7) is 0. The lowest BCUT2D eigenvalue weighted by molar-refractivity contribution is -0.131. The average Bonchev–Trinajstić information content (AvgIpc) is 3.07. The molecule has 1 heterocycles. The van der Waals surface area contributed by atoms with Crippen LogP contribution in [0, 0.1) is 5.92 Å². The molecule has 25 heavy (non-hydrogen) atoms. The first-order chi connectivity index (χ1) is 12.2. The number of nitrogens with one attached hydrogen (secondary N) is 2. The summed E-state index contributed by atoms with van der Waals surface area (Å²) in [7, 11) is 0. The van der Waals surface area contributed by atoms with Crippen LogP contribution in [0.4, 0.5) is 0 Å². The molecule has 1 aliphatic heterocycles. The van der Waals surface area contributed by atoms with Gasteiger partial charge in [0.25, 0.3) is 11.8 Å². The van der Waals surface area contributed by atoms with Gasteiger partial charge < -0.3 is 0 Å². The van der Waals surface area contributed by atoms with Gasteiger partial charge >= 0.3 is 0 Å². The lowest BCUT2D eigenvalue weighted by atomic mass is 9.97. The maximum atomic E-state index is 12.0. The van der Waals surface area contributed by atoms with Crippen molar-refractivity contribution in [2.45, 2.75) is 0 Å². The third kappa shape index (κ3) is 2.74. The maximum absolute atomic E-state index is 12.0. The van der Waals surface area contributed by atoms with Crippen molar-refractivity contribution in [3.63, 3.8) is 0 Å². The number of amides is 2. The number of rotatable bonds is 3. The van der Waals surface area contributed by atoms with Crippen molar-refractivity contribution in [2.75, 3.05) is 0 Å². The quantitative estimate of drug-likeness (QED) is 0.334. The minimum atomic E-state index is -0.943. The minimum Gasteiger partial charge on any atom is -0.272 e. The van der Waals surface area contributed by atoms with Gasteiger partial charge in [-0.25, -0.2) is 10.9 Å². The Morgan fingerprint density at radius 1 is 1.08 bits per heavy atom. The summed E-state index contributed by atoms with van der Waals surface area (Å²) < 4.78 is 0. The summed E-state index contributed by atoms with van der Waals surface area (Å²) in [6, 6.07) is 18.1. The van der Waals surface area contributed by atoms with E-state index in [2.05, 4.69) is 27.1 Å². The van der Waals surface area contributed by atoms with Gasteiger partial charge in [0.15, 0.2) is 5.92 Å². The van der Waals surface area contributed by atoms with Crippen LogP contribution >= 0.6 is 0 Å². The van der Waals surface area contributed by atoms with E-state index in [1.54, 1.807) is 6.21 Å². The van der Waals surface area contributed by atoms with Gasteiger partial charge in [-0.3, -0.25) is 9.59 Å². The van der Waals surface area contributed by atoms with Gasteiger partial charge in [0, 0.05) is 11.8 Å². The summed E-state index contributed by atoms with van der Waals surface area (Å²) in [5.74, 6) is -1.91. The average molecular weight is 330 g/mol. The number of hydrazone groups is 2. The first-order valence-corrected chi connectivity index (χ1v) is 7.80. The van der Waals surface area contributed by atoms with Gasteiger partial charge in [-0.05, 0) is 27.6 Å². The molecule has 0 aromatic heterocycles. The third-order valence-electron chi connectivity index (χ3n) is 4.14. The Kier molecular flexibility index (Phi) is 3.70. The molecule has 0 aliphatic carbocycles. The van der Waals surface area contributed by atoms with E-state index in [1.165, 1.54) is 6.21 Å². The monoisotopic (exact) mass is 330 g/mol. The van der Waals surface area contributed by atoms with E-state index < -0.39 is 17.7 Å². The fraction of sp³-hybridized carbons (Fsp3) is 0.0526. The molecule has 0 saturated heterocycles. The maximum Gasteiger partial charge on any atom is 0.258 e. The van der Waals surface area contributed by atoms with E-state index in [0.717, 1.165) is 27.1 Å². The molecule has 0 bridgehead atoms. The Morgan fingerprint density at radius 3 is 2.32 bits per heavy atom. The number of nitrogens with zero attached hydrogens (tertiary/aromatic N) is 2. The lowest BCUT2D eigenvalue weighted by Crippen LogP contribution is -2.34. The van der Waals surface area contributed by atoms with Crippen molar-refractivity contribution in [3.05, 3.63) is 60.2 Å². The van der Waals surface area contributed by atoms with Crippen LogP contribution in [0.5, 0.6) is 0 Å². The molecule has 6 heteroatoms. The van der Waals surface area contributed by atoms with Crippen molar-refractivity contribution in [2.24, 2.45) is 16.1 Å². The van der Waals surface area contributed by atoms with E-state index >= 15 is 0 Å². The molecule has 3 aromatic carbocycles. The number of benzene rings is 3. The fourth-order valence-electron chi connectivity index (χ4n) is 2.92. The van der Waals surface area contributed by atoms with Crippen LogP contribution in [-0.2, 0) is 9.59 Å². The highest BCUT2D eigenvalue weighted by atomic mass is 16.2. The molecule has 2 N–H and O–H groups in total. The highest BCUT2D eigenvalue weighted by Crippen LogP contribution is 2.27. The van der Waals surface area contributed by atoms with Crippen molar-refractivity contribution >= 4 is 45.8 Å². The lowest BCUT2D eigenvalue weighted by Gasteiger charge is -2.08. The van der Waals surface area contributed by atoms with Gasteiger partial charge in [0.2, 0.25) is 0 Å². The van der Waals surface area contributed by atoms with Crippen LogP contribution in [0.25, 0.3) is 21.5 Å². The predicted octanol–water partition coefficient (Wildman–Crippen LogP) is 2.17. The number of fused-ring (bicyclic) bond motifs is 2.